The number of hydrogen-bond donors (Lipinski definition) is 2. The summed E-state index contributed by atoms with van der Waals surface area (Å²) in [5.41, 5.74) is 7.81. The summed E-state index contributed by atoms with van der Waals surface area (Å²) in [5, 5.41) is 18.7. The molecule has 1 aliphatic carbocycles. The van der Waals surface area contributed by atoms with Crippen molar-refractivity contribution < 1.29 is 9.90 Å². The molecule has 0 aliphatic heterocycles. The third-order valence-corrected chi connectivity index (χ3v) is 3.23. The monoisotopic (exact) mass is 242 g/mol. The van der Waals surface area contributed by atoms with Crippen LogP contribution in [0.4, 0.5) is 0 Å². The predicted octanol–water partition coefficient (Wildman–Crippen LogP) is 1.66. The average Bonchev–Trinajstić information content (AvgIpc) is 2.38. The van der Waals surface area contributed by atoms with E-state index in [4.69, 9.17) is 11.0 Å². The van der Waals surface area contributed by atoms with Gasteiger partial charge in [-0.05, 0) is 54.5 Å². The Balaban J connectivity index is 2.53. The molecule has 0 atom stereocenters. The van der Waals surface area contributed by atoms with Crippen molar-refractivity contribution in [2.24, 2.45) is 5.73 Å². The topological polar surface area (TPSA) is 87.1 Å². The Hall–Kier alpha value is -2.28. The number of primary amides is 1. The van der Waals surface area contributed by atoms with Gasteiger partial charge in [-0.15, -0.1) is 0 Å². The van der Waals surface area contributed by atoms with E-state index >= 15 is 0 Å². The highest BCUT2D eigenvalue weighted by molar-refractivity contribution is 6.00. The molecule has 0 heterocycles. The molecule has 4 nitrogen and oxygen atoms in total. The maximum Gasteiger partial charge on any atom is 0.259 e. The minimum Gasteiger partial charge on any atom is -0.508 e. The number of amides is 1. The number of hydrogen-bond acceptors (Lipinski definition) is 3. The molecule has 1 aromatic carbocycles. The first-order valence-electron chi connectivity index (χ1n) is 5.89. The fourth-order valence-electron chi connectivity index (χ4n) is 2.33. The third-order valence-electron chi connectivity index (χ3n) is 3.23. The Morgan fingerprint density at radius 1 is 1.33 bits per heavy atom. The first-order valence-corrected chi connectivity index (χ1v) is 5.89. The van der Waals surface area contributed by atoms with Gasteiger partial charge in [-0.2, -0.15) is 5.26 Å². The second-order valence-corrected chi connectivity index (χ2v) is 4.37. The number of aromatic hydroxyl groups is 1. The van der Waals surface area contributed by atoms with Crippen LogP contribution in [-0.2, 0) is 17.6 Å². The molecule has 3 N–H and O–H groups in total. The predicted molar refractivity (Wildman–Crippen MR) is 67.5 cm³/mol. The molecule has 4 heteroatoms. The van der Waals surface area contributed by atoms with E-state index in [-0.39, 0.29) is 5.57 Å². The van der Waals surface area contributed by atoms with Gasteiger partial charge >= 0.3 is 0 Å². The summed E-state index contributed by atoms with van der Waals surface area (Å²) in [6.45, 7) is 0. The van der Waals surface area contributed by atoms with E-state index in [0.717, 1.165) is 42.4 Å². The van der Waals surface area contributed by atoms with Crippen molar-refractivity contribution in [2.45, 2.75) is 25.7 Å². The summed E-state index contributed by atoms with van der Waals surface area (Å²) in [5.74, 6) is -0.436. The van der Waals surface area contributed by atoms with Crippen LogP contribution in [0.15, 0.2) is 17.7 Å². The van der Waals surface area contributed by atoms with Gasteiger partial charge < -0.3 is 10.8 Å². The largest absolute Gasteiger partial charge is 0.508 e. The van der Waals surface area contributed by atoms with Crippen molar-refractivity contribution in [1.29, 1.82) is 5.26 Å². The summed E-state index contributed by atoms with van der Waals surface area (Å²) in [7, 11) is 0. The zero-order valence-corrected chi connectivity index (χ0v) is 9.94. The maximum atomic E-state index is 11.1. The van der Waals surface area contributed by atoms with E-state index in [1.807, 2.05) is 0 Å². The van der Waals surface area contributed by atoms with E-state index in [1.54, 1.807) is 18.2 Å². The van der Waals surface area contributed by atoms with Gasteiger partial charge in [0.15, 0.2) is 0 Å². The molecule has 0 unspecified atom stereocenters. The van der Waals surface area contributed by atoms with Gasteiger partial charge in [-0.3, -0.25) is 4.79 Å². The van der Waals surface area contributed by atoms with Crippen LogP contribution < -0.4 is 5.73 Å². The molecule has 0 saturated heterocycles. The number of carbonyl (C=O) groups is 1. The number of nitrogens with zero attached hydrogens (tertiary/aromatic N) is 1. The molecule has 0 fully saturated rings. The molecule has 1 aliphatic rings. The van der Waals surface area contributed by atoms with E-state index < -0.39 is 5.91 Å². The lowest BCUT2D eigenvalue weighted by Crippen LogP contribution is -2.13. The van der Waals surface area contributed by atoms with Crippen LogP contribution in [0.3, 0.4) is 0 Å². The van der Waals surface area contributed by atoms with Crippen molar-refractivity contribution in [3.63, 3.8) is 0 Å². The van der Waals surface area contributed by atoms with Crippen LogP contribution in [0.5, 0.6) is 5.75 Å². The van der Waals surface area contributed by atoms with Crippen LogP contribution in [0, 0.1) is 11.3 Å². The van der Waals surface area contributed by atoms with Gasteiger partial charge in [0.25, 0.3) is 5.91 Å². The van der Waals surface area contributed by atoms with Crippen molar-refractivity contribution >= 4 is 12.0 Å². The normalized spacial score (nSPS) is 14.7. The number of fused-ring (bicyclic) bond motifs is 1. The molecule has 0 bridgehead atoms. The molecule has 0 aromatic heterocycles. The molecule has 0 saturated carbocycles. The number of phenols is 1. The number of carbonyl (C=O) groups excluding carboxylic acids is 1. The van der Waals surface area contributed by atoms with Gasteiger partial charge in [0.1, 0.15) is 17.4 Å². The fraction of sp³-hybridized carbons (Fsp3) is 0.286. The van der Waals surface area contributed by atoms with Crippen molar-refractivity contribution in [2.75, 3.05) is 0 Å². The highest BCUT2D eigenvalue weighted by atomic mass is 16.3. The summed E-state index contributed by atoms with van der Waals surface area (Å²) < 4.78 is 0. The second-order valence-electron chi connectivity index (χ2n) is 4.37. The van der Waals surface area contributed by atoms with Gasteiger partial charge in [0, 0.05) is 0 Å². The van der Waals surface area contributed by atoms with E-state index in [1.165, 1.54) is 6.08 Å². The Labute approximate surface area is 105 Å². The Kier molecular flexibility index (Phi) is 3.33. The summed E-state index contributed by atoms with van der Waals surface area (Å²) in [4.78, 5) is 11.1. The van der Waals surface area contributed by atoms with Gasteiger partial charge in [0.2, 0.25) is 0 Å². The Morgan fingerprint density at radius 2 is 2.00 bits per heavy atom. The number of benzene rings is 1. The fourth-order valence-corrected chi connectivity index (χ4v) is 2.33. The Morgan fingerprint density at radius 3 is 2.61 bits per heavy atom. The van der Waals surface area contributed by atoms with E-state index in [2.05, 4.69) is 0 Å². The van der Waals surface area contributed by atoms with Gasteiger partial charge in [0.05, 0.1) is 0 Å². The van der Waals surface area contributed by atoms with Crippen LogP contribution in [0.2, 0.25) is 0 Å². The zero-order chi connectivity index (χ0) is 13.1. The maximum absolute atomic E-state index is 11.1. The molecular formula is C14H14N2O2. The highest BCUT2D eigenvalue weighted by Gasteiger charge is 2.16. The molecule has 1 amide bonds. The molecule has 0 spiro atoms. The minimum atomic E-state index is -0.727. The smallest absolute Gasteiger partial charge is 0.259 e. The van der Waals surface area contributed by atoms with Crippen molar-refractivity contribution in [3.8, 4) is 11.8 Å². The standard InChI is InChI=1S/C14H14N2O2/c15-8-10(14(16)18)7-9-5-6-13(17)12-4-2-1-3-11(9)12/h5-7,17H,1-4H2,(H2,16,18)/b10-7-. The first kappa shape index (κ1) is 12.2. The summed E-state index contributed by atoms with van der Waals surface area (Å²) >= 11 is 0. The zero-order valence-electron chi connectivity index (χ0n) is 9.94. The van der Waals surface area contributed by atoms with Gasteiger partial charge in [-0.25, -0.2) is 0 Å². The number of nitriles is 1. The van der Waals surface area contributed by atoms with E-state index in [0.29, 0.717) is 5.75 Å². The number of rotatable bonds is 2. The lowest BCUT2D eigenvalue weighted by molar-refractivity contribution is -0.114. The Bertz CT molecular complexity index is 568. The molecule has 2 rings (SSSR count). The summed E-state index contributed by atoms with van der Waals surface area (Å²) in [6, 6.07) is 5.12. The third kappa shape index (κ3) is 2.21. The van der Waals surface area contributed by atoms with Crippen LogP contribution in [0.1, 0.15) is 29.5 Å². The minimum absolute atomic E-state index is 0.0616. The molecule has 18 heavy (non-hydrogen) atoms. The average molecular weight is 242 g/mol. The number of nitrogens with two attached hydrogens (primary N) is 1. The highest BCUT2D eigenvalue weighted by Crippen LogP contribution is 2.32. The van der Waals surface area contributed by atoms with Crippen LogP contribution >= 0.6 is 0 Å². The molecule has 1 aromatic rings. The van der Waals surface area contributed by atoms with E-state index in [9.17, 15) is 9.90 Å². The molecule has 92 valence electrons. The molecule has 0 radical (unpaired) electrons. The quantitative estimate of drug-likeness (QED) is 0.610. The van der Waals surface area contributed by atoms with Crippen LogP contribution in [-0.4, -0.2) is 11.0 Å². The first-order chi connectivity index (χ1) is 8.63. The van der Waals surface area contributed by atoms with Crippen molar-refractivity contribution in [3.05, 3.63) is 34.4 Å². The van der Waals surface area contributed by atoms with Crippen molar-refractivity contribution in [1.82, 2.24) is 0 Å². The van der Waals surface area contributed by atoms with Crippen LogP contribution in [0.25, 0.3) is 6.08 Å². The summed E-state index contributed by atoms with van der Waals surface area (Å²) in [6.07, 6.45) is 5.30. The molecular weight excluding hydrogens is 228 g/mol. The SMILES string of the molecule is N#C/C(=C/c1ccc(O)c2c1CCCC2)C(N)=O. The lowest BCUT2D eigenvalue weighted by atomic mass is 9.87. The second kappa shape index (κ2) is 4.92. The lowest BCUT2D eigenvalue weighted by Gasteiger charge is -2.19. The number of phenolic OH excluding ortho intramolecular Hbond substituents is 1. The van der Waals surface area contributed by atoms with Gasteiger partial charge in [-0.1, -0.05) is 6.07 Å².